The molecule has 37 heavy (non-hydrogen) atoms. The van der Waals surface area contributed by atoms with Gasteiger partial charge in [0.25, 0.3) is 0 Å². The van der Waals surface area contributed by atoms with Gasteiger partial charge in [-0.1, -0.05) is 24.3 Å². The van der Waals surface area contributed by atoms with E-state index in [1.165, 1.54) is 0 Å². The molecule has 1 aliphatic heterocycles. The first-order valence-electron chi connectivity index (χ1n) is 11.7. The number of benzene rings is 3. The Morgan fingerprint density at radius 1 is 0.919 bits per heavy atom. The van der Waals surface area contributed by atoms with Crippen LogP contribution in [0, 0.1) is 0 Å². The van der Waals surface area contributed by atoms with E-state index in [0.29, 0.717) is 41.0 Å². The molecule has 0 amide bonds. The van der Waals surface area contributed by atoms with Crippen molar-refractivity contribution in [2.75, 3.05) is 21.3 Å². The van der Waals surface area contributed by atoms with Crippen molar-refractivity contribution in [3.05, 3.63) is 95.1 Å². The minimum absolute atomic E-state index is 0.110. The Morgan fingerprint density at radius 2 is 1.73 bits per heavy atom. The van der Waals surface area contributed by atoms with Gasteiger partial charge in [0.2, 0.25) is 5.88 Å². The fourth-order valence-electron chi connectivity index (χ4n) is 4.73. The predicted molar refractivity (Wildman–Crippen MR) is 135 cm³/mol. The van der Waals surface area contributed by atoms with E-state index >= 15 is 0 Å². The molecule has 1 N–H and O–H groups in total. The topological polar surface area (TPSA) is 100 Å². The van der Waals surface area contributed by atoms with Gasteiger partial charge in [-0.3, -0.25) is 0 Å². The van der Waals surface area contributed by atoms with Gasteiger partial charge in [-0.05, 0) is 41.5 Å². The molecule has 9 heteroatoms. The van der Waals surface area contributed by atoms with Crippen LogP contribution in [0.4, 0.5) is 0 Å². The van der Waals surface area contributed by atoms with E-state index in [0.717, 1.165) is 28.0 Å². The molecule has 0 fully saturated rings. The second kappa shape index (κ2) is 9.02. The molecule has 2 aromatic heterocycles. The zero-order valence-corrected chi connectivity index (χ0v) is 20.5. The molecule has 3 heterocycles. The maximum Gasteiger partial charge on any atom is 0.228 e. The van der Waals surface area contributed by atoms with Gasteiger partial charge >= 0.3 is 0 Å². The van der Waals surface area contributed by atoms with Gasteiger partial charge in [0, 0.05) is 24.0 Å². The monoisotopic (exact) mass is 496 g/mol. The highest BCUT2D eigenvalue weighted by Gasteiger charge is 2.34. The number of fused-ring (bicyclic) bond motifs is 4. The third-order valence-corrected chi connectivity index (χ3v) is 6.50. The van der Waals surface area contributed by atoms with E-state index in [9.17, 15) is 5.11 Å². The third-order valence-electron chi connectivity index (χ3n) is 6.50. The van der Waals surface area contributed by atoms with Gasteiger partial charge in [0.15, 0.2) is 23.0 Å². The molecule has 1 aliphatic rings. The quantitative estimate of drug-likeness (QED) is 0.353. The Labute approximate surface area is 212 Å². The molecule has 0 saturated heterocycles. The SMILES string of the molecule is COc1ccc(Cc2nc3c4c(ncn3n2)Oc2cc(O)ccc2C4c2ccc(OC)c(OC)c2)cc1. The summed E-state index contributed by atoms with van der Waals surface area (Å²) in [5.74, 6) is 3.44. The largest absolute Gasteiger partial charge is 0.508 e. The van der Waals surface area contributed by atoms with Gasteiger partial charge in [0.05, 0.1) is 26.9 Å². The highest BCUT2D eigenvalue weighted by molar-refractivity contribution is 5.67. The van der Waals surface area contributed by atoms with Crippen molar-refractivity contribution >= 4 is 5.65 Å². The standard InChI is InChI=1S/C28H24N4O5/c1-34-19-8-4-16(5-9-19)12-24-30-27-26-25(17-6-11-21(35-2)23(13-17)36-3)20-10-7-18(33)14-22(20)37-28(26)29-15-32(27)31-24/h4-11,13-15,25,33H,12H2,1-3H3. The summed E-state index contributed by atoms with van der Waals surface area (Å²) in [5, 5.41) is 14.8. The molecular formula is C28H24N4O5. The maximum atomic E-state index is 10.1. The third kappa shape index (κ3) is 3.94. The number of aromatic hydroxyl groups is 1. The second-order valence-corrected chi connectivity index (χ2v) is 8.66. The zero-order valence-electron chi connectivity index (χ0n) is 20.5. The van der Waals surface area contributed by atoms with Crippen LogP contribution >= 0.6 is 0 Å². The first-order chi connectivity index (χ1) is 18.1. The minimum atomic E-state index is -0.298. The molecular weight excluding hydrogens is 472 g/mol. The van der Waals surface area contributed by atoms with Crippen molar-refractivity contribution in [2.24, 2.45) is 0 Å². The summed E-state index contributed by atoms with van der Waals surface area (Å²) < 4.78 is 24.1. The highest BCUT2D eigenvalue weighted by Crippen LogP contribution is 2.49. The van der Waals surface area contributed by atoms with Gasteiger partial charge in [0.1, 0.15) is 23.6 Å². The number of phenolic OH excluding ortho intramolecular Hbond substituents is 1. The summed E-state index contributed by atoms with van der Waals surface area (Å²) in [6.45, 7) is 0. The van der Waals surface area contributed by atoms with Crippen LogP contribution in [-0.2, 0) is 6.42 Å². The summed E-state index contributed by atoms with van der Waals surface area (Å²) in [5.41, 5.74) is 4.29. The lowest BCUT2D eigenvalue weighted by Gasteiger charge is -2.28. The summed E-state index contributed by atoms with van der Waals surface area (Å²) in [6, 6.07) is 18.7. The van der Waals surface area contributed by atoms with Crippen molar-refractivity contribution in [1.29, 1.82) is 0 Å². The van der Waals surface area contributed by atoms with Crippen molar-refractivity contribution in [2.45, 2.75) is 12.3 Å². The molecule has 0 aliphatic carbocycles. The first kappa shape index (κ1) is 22.7. The van der Waals surface area contributed by atoms with Crippen LogP contribution in [0.3, 0.4) is 0 Å². The van der Waals surface area contributed by atoms with Crippen molar-refractivity contribution in [3.8, 4) is 34.6 Å². The Balaban J connectivity index is 1.50. The number of nitrogens with zero attached hydrogens (tertiary/aromatic N) is 4. The predicted octanol–water partition coefficient (Wildman–Crippen LogP) is 4.73. The van der Waals surface area contributed by atoms with E-state index in [-0.39, 0.29) is 11.7 Å². The van der Waals surface area contributed by atoms with Crippen LogP contribution in [0.1, 0.15) is 34.0 Å². The van der Waals surface area contributed by atoms with E-state index in [1.54, 1.807) is 44.3 Å². The molecule has 6 rings (SSSR count). The zero-order chi connectivity index (χ0) is 25.5. The lowest BCUT2D eigenvalue weighted by Crippen LogP contribution is -2.15. The van der Waals surface area contributed by atoms with Crippen molar-refractivity contribution in [1.82, 2.24) is 19.6 Å². The molecule has 0 bridgehead atoms. The molecule has 3 aromatic carbocycles. The maximum absolute atomic E-state index is 10.1. The average molecular weight is 497 g/mol. The Hall–Kier alpha value is -4.79. The first-order valence-corrected chi connectivity index (χ1v) is 11.7. The fourth-order valence-corrected chi connectivity index (χ4v) is 4.73. The minimum Gasteiger partial charge on any atom is -0.508 e. The van der Waals surface area contributed by atoms with Gasteiger partial charge < -0.3 is 24.1 Å². The van der Waals surface area contributed by atoms with Crippen LogP contribution in [0.25, 0.3) is 5.65 Å². The molecule has 5 aromatic rings. The van der Waals surface area contributed by atoms with Gasteiger partial charge in [-0.2, -0.15) is 0 Å². The summed E-state index contributed by atoms with van der Waals surface area (Å²) in [6.07, 6.45) is 2.14. The average Bonchev–Trinajstić information content (AvgIpc) is 3.34. The number of hydrogen-bond acceptors (Lipinski definition) is 8. The van der Waals surface area contributed by atoms with Crippen LogP contribution < -0.4 is 18.9 Å². The van der Waals surface area contributed by atoms with Crippen LogP contribution in [0.2, 0.25) is 0 Å². The number of aromatic nitrogens is 4. The Morgan fingerprint density at radius 3 is 2.49 bits per heavy atom. The molecule has 1 unspecified atom stereocenters. The second-order valence-electron chi connectivity index (χ2n) is 8.66. The summed E-state index contributed by atoms with van der Waals surface area (Å²) in [7, 11) is 4.86. The number of phenols is 1. The number of ether oxygens (including phenoxy) is 4. The van der Waals surface area contributed by atoms with E-state index in [2.05, 4.69) is 10.1 Å². The van der Waals surface area contributed by atoms with E-state index < -0.39 is 0 Å². The molecule has 0 radical (unpaired) electrons. The molecule has 9 nitrogen and oxygen atoms in total. The highest BCUT2D eigenvalue weighted by atomic mass is 16.5. The fraction of sp³-hybridized carbons (Fsp3) is 0.179. The summed E-state index contributed by atoms with van der Waals surface area (Å²) >= 11 is 0. The Bertz CT molecular complexity index is 1610. The summed E-state index contributed by atoms with van der Waals surface area (Å²) in [4.78, 5) is 9.46. The molecule has 186 valence electrons. The number of hydrogen-bond donors (Lipinski definition) is 1. The van der Waals surface area contributed by atoms with Gasteiger partial charge in [-0.15, -0.1) is 5.10 Å². The molecule has 0 saturated carbocycles. The smallest absolute Gasteiger partial charge is 0.228 e. The number of methoxy groups -OCH3 is 3. The molecule has 1 atom stereocenters. The lowest BCUT2D eigenvalue weighted by molar-refractivity contribution is 0.354. The van der Waals surface area contributed by atoms with Crippen LogP contribution in [0.5, 0.6) is 34.6 Å². The van der Waals surface area contributed by atoms with E-state index in [1.807, 2.05) is 48.5 Å². The molecule has 0 spiro atoms. The number of rotatable bonds is 6. The van der Waals surface area contributed by atoms with Crippen molar-refractivity contribution < 1.29 is 24.1 Å². The van der Waals surface area contributed by atoms with Crippen molar-refractivity contribution in [3.63, 3.8) is 0 Å². The van der Waals surface area contributed by atoms with Crippen LogP contribution in [0.15, 0.2) is 67.0 Å². The van der Waals surface area contributed by atoms with E-state index in [4.69, 9.17) is 23.9 Å². The normalized spacial score (nSPS) is 14.0. The van der Waals surface area contributed by atoms with Gasteiger partial charge in [-0.25, -0.2) is 14.5 Å². The van der Waals surface area contributed by atoms with Crippen LogP contribution in [-0.4, -0.2) is 46.0 Å². The lowest BCUT2D eigenvalue weighted by atomic mass is 9.83. The Kier molecular flexibility index (Phi) is 5.52.